The third-order valence-corrected chi connectivity index (χ3v) is 12.3. The molecule has 180 valence electrons. The van der Waals surface area contributed by atoms with Crippen LogP contribution in [-0.2, 0) is 16.1 Å². The minimum Gasteiger partial charge on any atom is -0.458 e. The smallest absolute Gasteiger partial charge is 0.331 e. The van der Waals surface area contributed by atoms with E-state index in [1.54, 1.807) is 0 Å². The third kappa shape index (κ3) is 3.72. The number of nitrogens with zero attached hydrogens (tertiary/aromatic N) is 2. The van der Waals surface area contributed by atoms with Crippen molar-refractivity contribution in [3.63, 3.8) is 0 Å². The average Bonchev–Trinajstić information content (AvgIpc) is 3.53. The normalized spacial score (nSPS) is 44.5. The molecule has 4 saturated carbocycles. The number of hydrogen-bond donors (Lipinski definition) is 0. The molecule has 0 unspecified atom stereocenters. The van der Waals surface area contributed by atoms with Crippen molar-refractivity contribution < 1.29 is 9.53 Å². The Kier molecular flexibility index (Phi) is 5.70. The lowest BCUT2D eigenvalue weighted by molar-refractivity contribution is -0.135. The number of fused-ring (bicyclic) bond motifs is 5. The van der Waals surface area contributed by atoms with Crippen LogP contribution >= 0.6 is 11.8 Å². The fourth-order valence-corrected chi connectivity index (χ4v) is 10.6. The highest BCUT2D eigenvalue weighted by molar-refractivity contribution is 7.99. The number of cyclic esters (lactones) is 1. The van der Waals surface area contributed by atoms with Crippen molar-refractivity contribution in [2.75, 3.05) is 12.4 Å². The molecule has 4 aliphatic carbocycles. The van der Waals surface area contributed by atoms with Gasteiger partial charge in [0.15, 0.2) is 0 Å². The summed E-state index contributed by atoms with van der Waals surface area (Å²) in [6.07, 6.45) is 20.3. The van der Waals surface area contributed by atoms with Gasteiger partial charge in [0.05, 0.1) is 6.33 Å². The number of carbonyl (C=O) groups excluding carboxylic acids is 1. The summed E-state index contributed by atoms with van der Waals surface area (Å²) in [6, 6.07) is 0. The molecule has 4 fully saturated rings. The molecule has 5 aliphatic rings. The maximum atomic E-state index is 11.7. The second-order valence-corrected chi connectivity index (χ2v) is 13.6. The van der Waals surface area contributed by atoms with Crippen LogP contribution in [0.15, 0.2) is 30.4 Å². The summed E-state index contributed by atoms with van der Waals surface area (Å²) in [5, 5.41) is 0.847. The van der Waals surface area contributed by atoms with Gasteiger partial charge in [-0.15, -0.1) is 0 Å². The summed E-state index contributed by atoms with van der Waals surface area (Å²) in [4.78, 5) is 15.9. The maximum Gasteiger partial charge on any atom is 0.331 e. The van der Waals surface area contributed by atoms with Gasteiger partial charge < -0.3 is 9.30 Å². The van der Waals surface area contributed by atoms with Gasteiger partial charge >= 0.3 is 5.97 Å². The highest BCUT2D eigenvalue weighted by atomic mass is 32.2. The molecule has 5 heteroatoms. The van der Waals surface area contributed by atoms with Crippen LogP contribution in [0.5, 0.6) is 0 Å². The number of rotatable bonds is 5. The van der Waals surface area contributed by atoms with Crippen LogP contribution < -0.4 is 0 Å². The van der Waals surface area contributed by atoms with E-state index in [4.69, 9.17) is 4.74 Å². The van der Waals surface area contributed by atoms with Crippen molar-refractivity contribution in [2.24, 2.45) is 40.4 Å². The summed E-state index contributed by atoms with van der Waals surface area (Å²) in [7, 11) is 0. The van der Waals surface area contributed by atoms with Gasteiger partial charge in [0.25, 0.3) is 0 Å². The molecule has 4 nitrogen and oxygen atoms in total. The molecule has 0 radical (unpaired) electrons. The van der Waals surface area contributed by atoms with Crippen molar-refractivity contribution >= 4 is 17.7 Å². The van der Waals surface area contributed by atoms with Crippen LogP contribution in [0.3, 0.4) is 0 Å². The zero-order chi connectivity index (χ0) is 22.6. The highest BCUT2D eigenvalue weighted by Crippen LogP contribution is 2.68. The first-order chi connectivity index (χ1) is 16.0. The number of hydrogen-bond acceptors (Lipinski definition) is 4. The van der Waals surface area contributed by atoms with Gasteiger partial charge in [0, 0.05) is 36.0 Å². The Bertz CT molecular complexity index is 913. The van der Waals surface area contributed by atoms with E-state index in [2.05, 4.69) is 41.4 Å². The summed E-state index contributed by atoms with van der Waals surface area (Å²) in [6.45, 7) is 6.89. The molecule has 0 N–H and O–H groups in total. The van der Waals surface area contributed by atoms with Crippen LogP contribution in [0.4, 0.5) is 0 Å². The molecular formula is C28H40N2O2S. The van der Waals surface area contributed by atoms with E-state index in [1.807, 2.05) is 18.6 Å². The zero-order valence-electron chi connectivity index (χ0n) is 20.4. The van der Waals surface area contributed by atoms with Crippen molar-refractivity contribution in [1.29, 1.82) is 0 Å². The van der Waals surface area contributed by atoms with Crippen molar-refractivity contribution in [1.82, 2.24) is 9.55 Å². The second-order valence-electron chi connectivity index (χ2n) is 12.2. The van der Waals surface area contributed by atoms with Gasteiger partial charge in [-0.25, -0.2) is 9.78 Å². The van der Waals surface area contributed by atoms with Crippen LogP contribution in [0.25, 0.3) is 0 Å². The minimum absolute atomic E-state index is 0.113. The van der Waals surface area contributed by atoms with Gasteiger partial charge in [-0.05, 0) is 104 Å². The fourth-order valence-electron chi connectivity index (χ4n) is 9.31. The lowest BCUT2D eigenvalue weighted by Gasteiger charge is -2.61. The van der Waals surface area contributed by atoms with E-state index in [-0.39, 0.29) is 5.97 Å². The number of aromatic nitrogens is 2. The summed E-state index contributed by atoms with van der Waals surface area (Å²) in [5.74, 6) is 5.25. The van der Waals surface area contributed by atoms with Crippen molar-refractivity contribution in [3.8, 4) is 0 Å². The summed E-state index contributed by atoms with van der Waals surface area (Å²) < 4.78 is 7.53. The Morgan fingerprint density at radius 3 is 2.73 bits per heavy atom. The quantitative estimate of drug-likeness (QED) is 0.488. The molecule has 0 spiro atoms. The van der Waals surface area contributed by atoms with E-state index >= 15 is 0 Å². The van der Waals surface area contributed by atoms with Crippen molar-refractivity contribution in [2.45, 2.75) is 83.4 Å². The second kappa shape index (κ2) is 8.46. The van der Waals surface area contributed by atoms with E-state index in [9.17, 15) is 4.79 Å². The predicted octanol–water partition coefficient (Wildman–Crippen LogP) is 6.13. The molecule has 33 heavy (non-hydrogen) atoms. The Balaban J connectivity index is 1.12. The SMILES string of the molecule is C[C@]12CC[C@H](SCCn3ccnc3)C[C@H]1CC[C@@H]1[C@@H]2CC[C@]2(C)[C@@H](C3=CC(=O)OC3)CC[C@@H]12. The van der Waals surface area contributed by atoms with Crippen LogP contribution in [0.1, 0.15) is 71.6 Å². The first-order valence-corrected chi connectivity index (χ1v) is 14.5. The monoisotopic (exact) mass is 468 g/mol. The summed E-state index contributed by atoms with van der Waals surface area (Å²) >= 11 is 2.21. The van der Waals surface area contributed by atoms with Crippen LogP contribution in [-0.4, -0.2) is 33.1 Å². The van der Waals surface area contributed by atoms with E-state index in [0.29, 0.717) is 23.4 Å². The Hall–Kier alpha value is -1.23. The van der Waals surface area contributed by atoms with Gasteiger partial charge in [-0.2, -0.15) is 11.8 Å². The van der Waals surface area contributed by atoms with Gasteiger partial charge in [0.2, 0.25) is 0 Å². The number of carbonyl (C=O) groups is 1. The first-order valence-electron chi connectivity index (χ1n) is 13.4. The average molecular weight is 469 g/mol. The lowest BCUT2D eigenvalue weighted by atomic mass is 9.44. The van der Waals surface area contributed by atoms with E-state index in [0.717, 1.165) is 35.5 Å². The minimum atomic E-state index is -0.113. The van der Waals surface area contributed by atoms with Crippen LogP contribution in [0.2, 0.25) is 0 Å². The molecule has 0 saturated heterocycles. The Morgan fingerprint density at radius 1 is 1.09 bits per heavy atom. The number of aryl methyl sites for hydroxylation is 1. The highest BCUT2D eigenvalue weighted by Gasteiger charge is 2.60. The number of esters is 1. The molecule has 1 aliphatic heterocycles. The Morgan fingerprint density at radius 2 is 1.94 bits per heavy atom. The van der Waals surface area contributed by atoms with Crippen molar-refractivity contribution in [3.05, 3.63) is 30.4 Å². The molecule has 6 rings (SSSR count). The molecule has 0 amide bonds. The van der Waals surface area contributed by atoms with Gasteiger partial charge in [-0.3, -0.25) is 0 Å². The maximum absolute atomic E-state index is 11.7. The van der Waals surface area contributed by atoms with E-state index in [1.165, 1.54) is 69.1 Å². The standard InChI is InChI=1S/C28H40N2O2S/c1-27-9-7-21(33-14-13-30-12-11-29-18-30)16-20(27)3-4-22-24-6-5-23(19-15-26(31)32-17-19)28(24,2)10-8-25(22)27/h11-12,15,18,20-25H,3-10,13-14,16-17H2,1-2H3/t20-,21+,22+,23-,24+,25+,27+,28-/m1/s1. The molecule has 8 atom stereocenters. The molecule has 0 aromatic carbocycles. The first kappa shape index (κ1) is 22.2. The molecule has 1 aromatic rings. The molecule has 0 bridgehead atoms. The fraction of sp³-hybridized carbons (Fsp3) is 0.786. The molecular weight excluding hydrogens is 428 g/mol. The molecule has 2 heterocycles. The predicted molar refractivity (Wildman–Crippen MR) is 133 cm³/mol. The zero-order valence-corrected chi connectivity index (χ0v) is 21.2. The molecule has 1 aromatic heterocycles. The third-order valence-electron chi connectivity index (χ3n) is 11.0. The lowest BCUT2D eigenvalue weighted by Crippen LogP contribution is -2.53. The topological polar surface area (TPSA) is 44.1 Å². The Labute approximate surface area is 203 Å². The van der Waals surface area contributed by atoms with Crippen LogP contribution in [0, 0.1) is 40.4 Å². The number of imidazole rings is 1. The number of ether oxygens (including phenoxy) is 1. The van der Waals surface area contributed by atoms with Gasteiger partial charge in [0.1, 0.15) is 6.61 Å². The largest absolute Gasteiger partial charge is 0.458 e. The summed E-state index contributed by atoms with van der Waals surface area (Å²) in [5.41, 5.74) is 2.23. The van der Waals surface area contributed by atoms with Gasteiger partial charge in [-0.1, -0.05) is 13.8 Å². The van der Waals surface area contributed by atoms with E-state index < -0.39 is 0 Å². The number of thioether (sulfide) groups is 1.